The van der Waals surface area contributed by atoms with Crippen LogP contribution < -0.4 is 0 Å². The van der Waals surface area contributed by atoms with Gasteiger partial charge < -0.3 is 0 Å². The fourth-order valence-electron chi connectivity index (χ4n) is 1.27. The predicted molar refractivity (Wildman–Crippen MR) is 69.9 cm³/mol. The fourth-order valence-corrected chi connectivity index (χ4v) is 5.37. The van der Waals surface area contributed by atoms with E-state index >= 15 is 0 Å². The topological polar surface area (TPSA) is 17.1 Å². The van der Waals surface area contributed by atoms with Crippen molar-refractivity contribution in [1.82, 2.24) is 0 Å². The minimum Gasteiger partial charge on any atom is -0.293 e. The van der Waals surface area contributed by atoms with Crippen molar-refractivity contribution in [2.45, 2.75) is 5.25 Å². The van der Waals surface area contributed by atoms with Crippen LogP contribution in [-0.2, 0) is 0 Å². The van der Waals surface area contributed by atoms with Crippen molar-refractivity contribution in [2.75, 3.05) is 17.3 Å². The van der Waals surface area contributed by atoms with E-state index in [1.54, 1.807) is 23.1 Å². The zero-order valence-corrected chi connectivity index (χ0v) is 11.4. The van der Waals surface area contributed by atoms with E-state index in [9.17, 15) is 4.79 Å². The molecule has 0 bridgehead atoms. The van der Waals surface area contributed by atoms with E-state index in [-0.39, 0.29) is 11.0 Å². The summed E-state index contributed by atoms with van der Waals surface area (Å²) in [6, 6.07) is 0. The molecule has 1 saturated heterocycles. The first-order valence-electron chi connectivity index (χ1n) is 4.24. The van der Waals surface area contributed by atoms with Gasteiger partial charge in [0.1, 0.15) is 0 Å². The molecule has 0 aromatic carbocycles. The Morgan fingerprint density at radius 3 is 2.86 bits per heavy atom. The van der Waals surface area contributed by atoms with E-state index in [2.05, 4.69) is 15.9 Å². The maximum Gasteiger partial charge on any atom is 0.178 e. The highest BCUT2D eigenvalue weighted by Gasteiger charge is 2.24. The first kappa shape index (κ1) is 11.0. The molecule has 0 aliphatic carbocycles. The van der Waals surface area contributed by atoms with Crippen LogP contribution in [0.15, 0.2) is 15.2 Å². The zero-order chi connectivity index (χ0) is 9.97. The third kappa shape index (κ3) is 2.38. The number of carbonyl (C=O) groups is 1. The molecule has 5 heteroatoms. The lowest BCUT2D eigenvalue weighted by atomic mass is 10.2. The lowest BCUT2D eigenvalue weighted by Gasteiger charge is -2.19. The van der Waals surface area contributed by atoms with Crippen LogP contribution in [0.5, 0.6) is 0 Å². The van der Waals surface area contributed by atoms with Crippen molar-refractivity contribution >= 4 is 56.6 Å². The van der Waals surface area contributed by atoms with Crippen molar-refractivity contribution in [3.8, 4) is 0 Å². The van der Waals surface area contributed by atoms with Gasteiger partial charge in [0.25, 0.3) is 0 Å². The van der Waals surface area contributed by atoms with Gasteiger partial charge in [-0.15, -0.1) is 11.8 Å². The second-order valence-corrected chi connectivity index (χ2v) is 6.99. The minimum atomic E-state index is 0.166. The third-order valence-corrected chi connectivity index (χ3v) is 6.45. The number of thioether (sulfide) groups is 2. The Hall–Kier alpha value is 0.550. The standard InChI is InChI=1S/C9H9BrOS3/c10-7-4-13-3-6(7)9(11)8-5-12-1-2-14-8/h3-4,8H,1-2,5H2. The summed E-state index contributed by atoms with van der Waals surface area (Å²) < 4.78 is 0.948. The Kier molecular flexibility index (Phi) is 3.99. The number of Topliss-reactive ketones (excluding diaryl/α,β-unsaturated/α-hetero) is 1. The molecule has 1 fully saturated rings. The van der Waals surface area contributed by atoms with Crippen LogP contribution in [0.3, 0.4) is 0 Å². The summed E-state index contributed by atoms with van der Waals surface area (Å²) in [4.78, 5) is 12.0. The van der Waals surface area contributed by atoms with Gasteiger partial charge in [-0.3, -0.25) is 4.79 Å². The molecule has 14 heavy (non-hydrogen) atoms. The number of halogens is 1. The van der Waals surface area contributed by atoms with Crippen molar-refractivity contribution < 1.29 is 4.79 Å². The molecular formula is C9H9BrOS3. The third-order valence-electron chi connectivity index (χ3n) is 1.99. The van der Waals surface area contributed by atoms with E-state index in [1.165, 1.54) is 5.75 Å². The van der Waals surface area contributed by atoms with Gasteiger partial charge in [-0.25, -0.2) is 0 Å². The van der Waals surface area contributed by atoms with E-state index < -0.39 is 0 Å². The highest BCUT2D eigenvalue weighted by Crippen LogP contribution is 2.30. The van der Waals surface area contributed by atoms with Crippen molar-refractivity contribution in [3.05, 3.63) is 20.8 Å². The number of hydrogen-bond acceptors (Lipinski definition) is 4. The van der Waals surface area contributed by atoms with Crippen LogP contribution in [0, 0.1) is 0 Å². The van der Waals surface area contributed by atoms with E-state index in [4.69, 9.17) is 0 Å². The normalized spacial score (nSPS) is 22.2. The number of carbonyl (C=O) groups excluding carboxylic acids is 1. The van der Waals surface area contributed by atoms with Crippen LogP contribution in [0.4, 0.5) is 0 Å². The monoisotopic (exact) mass is 308 g/mol. The molecule has 2 heterocycles. The molecule has 1 aliphatic heterocycles. The summed E-state index contributed by atoms with van der Waals surface area (Å²) in [5.41, 5.74) is 0.856. The Labute approximate surface area is 104 Å². The smallest absolute Gasteiger partial charge is 0.178 e. The molecule has 0 amide bonds. The number of ketones is 1. The van der Waals surface area contributed by atoms with Crippen LogP contribution in [0.25, 0.3) is 0 Å². The molecule has 2 rings (SSSR count). The van der Waals surface area contributed by atoms with Gasteiger partial charge in [0.2, 0.25) is 0 Å². The molecular weight excluding hydrogens is 300 g/mol. The van der Waals surface area contributed by atoms with Gasteiger partial charge >= 0.3 is 0 Å². The van der Waals surface area contributed by atoms with Gasteiger partial charge in [-0.1, -0.05) is 0 Å². The zero-order valence-electron chi connectivity index (χ0n) is 7.36. The molecule has 1 atom stereocenters. The summed E-state index contributed by atoms with van der Waals surface area (Å²) in [6.07, 6.45) is 0. The quantitative estimate of drug-likeness (QED) is 0.778. The average Bonchev–Trinajstić information content (AvgIpc) is 2.65. The Morgan fingerprint density at radius 1 is 1.43 bits per heavy atom. The molecule has 1 unspecified atom stereocenters. The number of thiophene rings is 1. The van der Waals surface area contributed by atoms with Gasteiger partial charge in [0.05, 0.1) is 5.25 Å². The van der Waals surface area contributed by atoms with E-state index in [1.807, 2.05) is 22.5 Å². The maximum atomic E-state index is 12.0. The summed E-state index contributed by atoms with van der Waals surface area (Å²) in [5, 5.41) is 4.07. The molecule has 76 valence electrons. The SMILES string of the molecule is O=C(c1cscc1Br)C1CSCCS1. The first-order valence-corrected chi connectivity index (χ1v) is 8.18. The summed E-state index contributed by atoms with van der Waals surface area (Å²) in [5.74, 6) is 3.53. The van der Waals surface area contributed by atoms with Crippen molar-refractivity contribution in [2.24, 2.45) is 0 Å². The molecule has 0 N–H and O–H groups in total. The molecule has 1 nitrogen and oxygen atoms in total. The van der Waals surface area contributed by atoms with Crippen molar-refractivity contribution in [1.29, 1.82) is 0 Å². The van der Waals surface area contributed by atoms with Gasteiger partial charge in [-0.05, 0) is 15.9 Å². The van der Waals surface area contributed by atoms with Crippen LogP contribution >= 0.6 is 50.8 Å². The molecule has 0 saturated carbocycles. The summed E-state index contributed by atoms with van der Waals surface area (Å²) >= 11 is 8.65. The van der Waals surface area contributed by atoms with Crippen LogP contribution in [0.2, 0.25) is 0 Å². The summed E-state index contributed by atoms with van der Waals surface area (Å²) in [6.45, 7) is 0. The first-order chi connectivity index (χ1) is 6.79. The molecule has 1 aromatic rings. The number of hydrogen-bond donors (Lipinski definition) is 0. The summed E-state index contributed by atoms with van der Waals surface area (Å²) in [7, 11) is 0. The predicted octanol–water partition coefficient (Wildman–Crippen LogP) is 3.54. The fraction of sp³-hybridized carbons (Fsp3) is 0.444. The van der Waals surface area contributed by atoms with Gasteiger partial charge in [0.15, 0.2) is 5.78 Å². The van der Waals surface area contributed by atoms with Crippen LogP contribution in [0.1, 0.15) is 10.4 Å². The number of rotatable bonds is 2. The molecule has 1 aliphatic rings. The van der Waals surface area contributed by atoms with E-state index in [0.29, 0.717) is 0 Å². The lowest BCUT2D eigenvalue weighted by molar-refractivity contribution is 0.0995. The Bertz CT molecular complexity index is 331. The second-order valence-electron chi connectivity index (χ2n) is 2.93. The average molecular weight is 309 g/mol. The molecule has 0 radical (unpaired) electrons. The molecule has 0 spiro atoms. The minimum absolute atomic E-state index is 0.166. The largest absolute Gasteiger partial charge is 0.293 e. The van der Waals surface area contributed by atoms with E-state index in [0.717, 1.165) is 21.5 Å². The van der Waals surface area contributed by atoms with Gasteiger partial charge in [0, 0.05) is 38.1 Å². The second kappa shape index (κ2) is 5.05. The van der Waals surface area contributed by atoms with Gasteiger partial charge in [-0.2, -0.15) is 23.1 Å². The Morgan fingerprint density at radius 2 is 2.29 bits per heavy atom. The molecule has 1 aromatic heterocycles. The van der Waals surface area contributed by atoms with Crippen molar-refractivity contribution in [3.63, 3.8) is 0 Å². The van der Waals surface area contributed by atoms with Crippen LogP contribution in [-0.4, -0.2) is 28.3 Å². The lowest BCUT2D eigenvalue weighted by Crippen LogP contribution is -2.24. The Balaban J connectivity index is 2.11. The maximum absolute atomic E-state index is 12.0. The highest BCUT2D eigenvalue weighted by molar-refractivity contribution is 9.10. The highest BCUT2D eigenvalue weighted by atomic mass is 79.9.